The smallest absolute Gasteiger partial charge is 0.0697 e. The van der Waals surface area contributed by atoms with E-state index < -0.39 is 0 Å². The second-order valence-corrected chi connectivity index (χ2v) is 2.60. The fourth-order valence-electron chi connectivity index (χ4n) is 0.805. The Balaban J connectivity index is 2.91. The van der Waals surface area contributed by atoms with Crippen LogP contribution in [0.2, 0.25) is 0 Å². The molecule has 0 saturated carbocycles. The number of aliphatic hydroxyl groups excluding tert-OH is 1. The Bertz CT molecular complexity index is 235. The highest BCUT2D eigenvalue weighted by molar-refractivity contribution is 5.44. The Morgan fingerprint density at radius 3 is 2.73 bits per heavy atom. The Morgan fingerprint density at radius 2 is 2.18 bits per heavy atom. The number of hydrogen-bond donors (Lipinski definition) is 1. The number of anilines is 1. The molecule has 11 heavy (non-hydrogen) atoms. The highest BCUT2D eigenvalue weighted by Crippen LogP contribution is 2.10. The SMILES string of the molecule is CN(C)c1cncc(CO)c1. The zero-order valence-corrected chi connectivity index (χ0v) is 6.78. The van der Waals surface area contributed by atoms with Crippen molar-refractivity contribution in [3.05, 3.63) is 24.0 Å². The summed E-state index contributed by atoms with van der Waals surface area (Å²) < 4.78 is 0. The van der Waals surface area contributed by atoms with Crippen LogP contribution in [0.4, 0.5) is 5.69 Å². The lowest BCUT2D eigenvalue weighted by Crippen LogP contribution is -2.09. The van der Waals surface area contributed by atoms with Gasteiger partial charge in [0.1, 0.15) is 0 Å². The van der Waals surface area contributed by atoms with Crippen LogP contribution in [-0.4, -0.2) is 24.2 Å². The lowest BCUT2D eigenvalue weighted by molar-refractivity contribution is 0.281. The largest absolute Gasteiger partial charge is 0.392 e. The van der Waals surface area contributed by atoms with Gasteiger partial charge in [-0.1, -0.05) is 0 Å². The van der Waals surface area contributed by atoms with Crippen molar-refractivity contribution >= 4 is 5.69 Å². The number of rotatable bonds is 2. The quantitative estimate of drug-likeness (QED) is 0.675. The summed E-state index contributed by atoms with van der Waals surface area (Å²) in [6.45, 7) is 0.0503. The molecule has 0 atom stereocenters. The molecule has 0 saturated heterocycles. The minimum absolute atomic E-state index is 0.0503. The lowest BCUT2D eigenvalue weighted by atomic mass is 10.3. The van der Waals surface area contributed by atoms with Crippen molar-refractivity contribution in [2.75, 3.05) is 19.0 Å². The molecule has 3 nitrogen and oxygen atoms in total. The minimum atomic E-state index is 0.0503. The molecule has 1 heterocycles. The van der Waals surface area contributed by atoms with Crippen LogP contribution in [0, 0.1) is 0 Å². The van der Waals surface area contributed by atoms with E-state index in [1.54, 1.807) is 12.4 Å². The predicted octanol–water partition coefficient (Wildman–Crippen LogP) is 0.640. The van der Waals surface area contributed by atoms with Crippen LogP contribution >= 0.6 is 0 Å². The second kappa shape index (κ2) is 3.34. The number of hydrogen-bond acceptors (Lipinski definition) is 3. The van der Waals surface area contributed by atoms with Gasteiger partial charge in [0.2, 0.25) is 0 Å². The zero-order valence-electron chi connectivity index (χ0n) is 6.78. The molecule has 0 spiro atoms. The van der Waals surface area contributed by atoms with E-state index in [9.17, 15) is 0 Å². The fourth-order valence-corrected chi connectivity index (χ4v) is 0.805. The van der Waals surface area contributed by atoms with Crippen molar-refractivity contribution in [3.63, 3.8) is 0 Å². The lowest BCUT2D eigenvalue weighted by Gasteiger charge is -2.11. The third-order valence-corrected chi connectivity index (χ3v) is 1.48. The van der Waals surface area contributed by atoms with Crippen LogP contribution in [0.1, 0.15) is 5.56 Å². The van der Waals surface area contributed by atoms with Crippen molar-refractivity contribution in [2.24, 2.45) is 0 Å². The third kappa shape index (κ3) is 1.91. The van der Waals surface area contributed by atoms with E-state index in [0.717, 1.165) is 11.3 Å². The summed E-state index contributed by atoms with van der Waals surface area (Å²) >= 11 is 0. The van der Waals surface area contributed by atoms with Gasteiger partial charge in [0, 0.05) is 20.3 Å². The monoisotopic (exact) mass is 152 g/mol. The normalized spacial score (nSPS) is 9.73. The maximum absolute atomic E-state index is 8.79. The van der Waals surface area contributed by atoms with Gasteiger partial charge in [-0.2, -0.15) is 0 Å². The first kappa shape index (κ1) is 8.01. The molecule has 3 heteroatoms. The molecule has 0 radical (unpaired) electrons. The van der Waals surface area contributed by atoms with Gasteiger partial charge in [-0.15, -0.1) is 0 Å². The standard InChI is InChI=1S/C8H12N2O/c1-10(2)8-3-7(6-11)4-9-5-8/h3-5,11H,6H2,1-2H3. The third-order valence-electron chi connectivity index (χ3n) is 1.48. The molecule has 1 aromatic rings. The molecule has 0 fully saturated rings. The van der Waals surface area contributed by atoms with Crippen molar-refractivity contribution < 1.29 is 5.11 Å². The summed E-state index contributed by atoms with van der Waals surface area (Å²) in [6, 6.07) is 1.91. The van der Waals surface area contributed by atoms with Gasteiger partial charge in [-0.25, -0.2) is 0 Å². The summed E-state index contributed by atoms with van der Waals surface area (Å²) in [5.41, 5.74) is 1.85. The topological polar surface area (TPSA) is 36.4 Å². The summed E-state index contributed by atoms with van der Waals surface area (Å²) in [4.78, 5) is 5.93. The molecular formula is C8H12N2O. The van der Waals surface area contributed by atoms with Crippen molar-refractivity contribution in [3.8, 4) is 0 Å². The Hall–Kier alpha value is -1.09. The van der Waals surface area contributed by atoms with E-state index >= 15 is 0 Å². The highest BCUT2D eigenvalue weighted by atomic mass is 16.3. The molecule has 1 N–H and O–H groups in total. The average molecular weight is 152 g/mol. The van der Waals surface area contributed by atoms with Gasteiger partial charge in [0.15, 0.2) is 0 Å². The zero-order chi connectivity index (χ0) is 8.27. The maximum Gasteiger partial charge on any atom is 0.0697 e. The predicted molar refractivity (Wildman–Crippen MR) is 44.5 cm³/mol. The molecule has 0 bridgehead atoms. The van der Waals surface area contributed by atoms with Crippen molar-refractivity contribution in [2.45, 2.75) is 6.61 Å². The Labute approximate surface area is 66.3 Å². The van der Waals surface area contributed by atoms with Crippen LogP contribution in [0.5, 0.6) is 0 Å². The number of pyridine rings is 1. The van der Waals surface area contributed by atoms with Gasteiger partial charge in [-0.05, 0) is 11.6 Å². The van der Waals surface area contributed by atoms with E-state index in [1.807, 2.05) is 25.1 Å². The highest BCUT2D eigenvalue weighted by Gasteiger charge is 1.95. The molecule has 1 rings (SSSR count). The molecule has 0 aliphatic rings. The van der Waals surface area contributed by atoms with Crippen LogP contribution < -0.4 is 4.90 Å². The molecule has 0 aliphatic heterocycles. The van der Waals surface area contributed by atoms with E-state index in [-0.39, 0.29) is 6.61 Å². The number of nitrogens with zero attached hydrogens (tertiary/aromatic N) is 2. The molecule has 60 valence electrons. The van der Waals surface area contributed by atoms with Crippen LogP contribution in [0.25, 0.3) is 0 Å². The summed E-state index contributed by atoms with van der Waals surface area (Å²) in [5.74, 6) is 0. The molecule has 0 aliphatic carbocycles. The van der Waals surface area contributed by atoms with E-state index in [1.165, 1.54) is 0 Å². The van der Waals surface area contributed by atoms with E-state index in [0.29, 0.717) is 0 Å². The van der Waals surface area contributed by atoms with Crippen LogP contribution in [0.15, 0.2) is 18.5 Å². The van der Waals surface area contributed by atoms with Gasteiger partial charge >= 0.3 is 0 Å². The molecule has 1 aromatic heterocycles. The average Bonchev–Trinajstić information content (AvgIpc) is 2.05. The van der Waals surface area contributed by atoms with Crippen LogP contribution in [-0.2, 0) is 6.61 Å². The minimum Gasteiger partial charge on any atom is -0.392 e. The van der Waals surface area contributed by atoms with E-state index in [4.69, 9.17) is 5.11 Å². The number of aromatic nitrogens is 1. The first-order chi connectivity index (χ1) is 5.24. The maximum atomic E-state index is 8.79. The van der Waals surface area contributed by atoms with Gasteiger partial charge in [-0.3, -0.25) is 4.98 Å². The number of aliphatic hydroxyl groups is 1. The van der Waals surface area contributed by atoms with Gasteiger partial charge in [0.25, 0.3) is 0 Å². The van der Waals surface area contributed by atoms with E-state index in [2.05, 4.69) is 4.98 Å². The fraction of sp³-hybridized carbons (Fsp3) is 0.375. The summed E-state index contributed by atoms with van der Waals surface area (Å²) in [7, 11) is 3.89. The first-order valence-corrected chi connectivity index (χ1v) is 3.46. The first-order valence-electron chi connectivity index (χ1n) is 3.46. The van der Waals surface area contributed by atoms with Crippen molar-refractivity contribution in [1.29, 1.82) is 0 Å². The Morgan fingerprint density at radius 1 is 1.45 bits per heavy atom. The van der Waals surface area contributed by atoms with Gasteiger partial charge < -0.3 is 10.0 Å². The Kier molecular flexibility index (Phi) is 2.44. The van der Waals surface area contributed by atoms with Gasteiger partial charge in [0.05, 0.1) is 18.5 Å². The summed E-state index contributed by atoms with van der Waals surface area (Å²) in [5, 5.41) is 8.79. The molecular weight excluding hydrogens is 140 g/mol. The van der Waals surface area contributed by atoms with Crippen LogP contribution in [0.3, 0.4) is 0 Å². The molecule has 0 aromatic carbocycles. The molecule has 0 amide bonds. The molecule has 0 unspecified atom stereocenters. The second-order valence-electron chi connectivity index (χ2n) is 2.60. The van der Waals surface area contributed by atoms with Crippen molar-refractivity contribution in [1.82, 2.24) is 4.98 Å². The summed E-state index contributed by atoms with van der Waals surface area (Å²) in [6.07, 6.45) is 3.42.